The Bertz CT molecular complexity index is 4120. The van der Waals surface area contributed by atoms with E-state index in [1.807, 2.05) is 149 Å². The number of carboxylic acids is 2. The summed E-state index contributed by atoms with van der Waals surface area (Å²) in [5.74, 6) is -10.7. The van der Waals surface area contributed by atoms with Gasteiger partial charge in [0, 0.05) is 118 Å². The number of hydrogen-bond donors (Lipinski definition) is 11. The fraction of sp³-hybridized carbons (Fsp3) is 0.567. The van der Waals surface area contributed by atoms with Gasteiger partial charge < -0.3 is 92.9 Å². The number of aliphatic carboxylic acids is 2. The molecule has 6 rings (SSSR count). The van der Waals surface area contributed by atoms with Crippen molar-refractivity contribution in [2.24, 2.45) is 35.1 Å². The van der Waals surface area contributed by atoms with Gasteiger partial charge in [0.1, 0.15) is 29.3 Å². The zero-order valence-corrected chi connectivity index (χ0v) is 75.2. The van der Waals surface area contributed by atoms with Crippen molar-refractivity contribution in [3.8, 4) is 0 Å². The van der Waals surface area contributed by atoms with E-state index >= 15 is 0 Å². The second-order valence-corrected chi connectivity index (χ2v) is 34.2. The molecule has 0 radical (unpaired) electrons. The first-order valence-corrected chi connectivity index (χ1v) is 42.5. The summed E-state index contributed by atoms with van der Waals surface area (Å²) in [5, 5.41) is 36.7. The number of piperazine rings is 2. The van der Waals surface area contributed by atoms with Crippen LogP contribution in [-0.2, 0) is 97.5 Å². The van der Waals surface area contributed by atoms with Crippen LogP contribution in [0.4, 0.5) is 22.8 Å². The lowest BCUT2D eigenvalue weighted by atomic mass is 9.88. The highest BCUT2D eigenvalue weighted by atomic mass is 19.4. The molecule has 4 aromatic carbocycles. The summed E-state index contributed by atoms with van der Waals surface area (Å²) in [6, 6.07) is 31.0. The third-order valence-corrected chi connectivity index (χ3v) is 19.5. The van der Waals surface area contributed by atoms with Crippen LogP contribution in [0, 0.1) is 23.7 Å². The number of halogens is 3. The summed E-state index contributed by atoms with van der Waals surface area (Å²) < 4.78 is 42.4. The minimum atomic E-state index is -5.08. The maximum Gasteiger partial charge on any atom is 0.490 e. The molecule has 126 heavy (non-hydrogen) atoms. The Morgan fingerprint density at radius 2 is 0.802 bits per heavy atom. The first-order chi connectivity index (χ1) is 59.1. The molecule has 698 valence electrons. The van der Waals surface area contributed by atoms with Crippen molar-refractivity contribution >= 4 is 88.9 Å². The van der Waals surface area contributed by atoms with Crippen LogP contribution in [0.3, 0.4) is 0 Å². The van der Waals surface area contributed by atoms with Crippen molar-refractivity contribution in [3.05, 3.63) is 144 Å². The van der Waals surface area contributed by atoms with Crippen LogP contribution in [0.15, 0.2) is 121 Å². The van der Waals surface area contributed by atoms with Crippen molar-refractivity contribution < 1.29 is 105 Å². The van der Waals surface area contributed by atoms with E-state index < -0.39 is 143 Å². The van der Waals surface area contributed by atoms with E-state index in [9.17, 15) is 85.4 Å². The summed E-state index contributed by atoms with van der Waals surface area (Å²) in [6.45, 7) is 22.4. The average Bonchev–Trinajstić information content (AvgIpc) is 0.842. The molecule has 8 atom stereocenters. The Hall–Kier alpha value is -11.4. The molecular weight excluding hydrogens is 1640 g/mol. The van der Waals surface area contributed by atoms with E-state index in [1.165, 1.54) is 28.8 Å². The van der Waals surface area contributed by atoms with Gasteiger partial charge in [-0.1, -0.05) is 149 Å². The quantitative estimate of drug-likeness (QED) is 0.0177. The van der Waals surface area contributed by atoms with Gasteiger partial charge in [-0.05, 0) is 153 Å². The number of Topliss-reactive ketones (excluding diaryl/α,β-unsaturated/α-hetero) is 2. The van der Waals surface area contributed by atoms with Crippen LogP contribution < -0.4 is 48.7 Å². The predicted molar refractivity (Wildman–Crippen MR) is 467 cm³/mol. The number of nitrogens with one attached hydrogen (secondary N) is 7. The van der Waals surface area contributed by atoms with E-state index in [0.717, 1.165) is 35.3 Å². The number of amides is 11. The molecule has 2 heterocycles. The van der Waals surface area contributed by atoms with Crippen LogP contribution in [0.2, 0.25) is 0 Å². The highest BCUT2D eigenvalue weighted by molar-refractivity contribution is 6.35. The summed E-state index contributed by atoms with van der Waals surface area (Å²) in [6.07, 6.45) is -2.77. The predicted octanol–water partition coefficient (Wildman–Crippen LogP) is 6.15. The molecule has 0 aromatic heterocycles. The summed E-state index contributed by atoms with van der Waals surface area (Å²) in [5.41, 5.74) is 13.9. The smallest absolute Gasteiger partial charge is 0.480 e. The first-order valence-electron chi connectivity index (χ1n) is 42.5. The van der Waals surface area contributed by atoms with Gasteiger partial charge in [0.15, 0.2) is 11.6 Å². The Kier molecular flexibility index (Phi) is 47.6. The van der Waals surface area contributed by atoms with Crippen molar-refractivity contribution in [1.29, 1.82) is 0 Å². The van der Waals surface area contributed by atoms with Crippen molar-refractivity contribution in [2.75, 3.05) is 93.6 Å². The zero-order chi connectivity index (χ0) is 94.6. The summed E-state index contributed by atoms with van der Waals surface area (Å²) >= 11 is 0. The summed E-state index contributed by atoms with van der Waals surface area (Å²) in [4.78, 5) is 197. The molecule has 0 unspecified atom stereocenters. The van der Waals surface area contributed by atoms with E-state index in [-0.39, 0.29) is 94.8 Å². The SMILES string of the molecule is CC(C)C[C@@H](CC(=O)[C@@H](Cc1ccccc1)NC(=O)[C@@H](Cc1ccccc1)NC(=O)OC(C)(C)C)C(=O)N[C@H](CCCCNC(=O)OC(C)(C)C)C(=O)O.CC(C)C[C@@H](CC(=O)[C@@H](Cc1ccccc1)NC(=O)[C@H](N)Cc1ccccc1)C(=O)N[C@H](CCCCN)C(=O)N1CCN(C(=O)C(=O)N(C)C)CC1.CN(C)C(=O)C(=O)N1CCNCC1.O=C(O)C(F)(F)F. The van der Waals surface area contributed by atoms with E-state index in [2.05, 4.69) is 37.2 Å². The lowest BCUT2D eigenvalue weighted by Gasteiger charge is -2.36. The van der Waals surface area contributed by atoms with Gasteiger partial charge in [-0.2, -0.15) is 13.2 Å². The number of carboxylic acid groups (broad SMARTS) is 2. The zero-order valence-electron chi connectivity index (χ0n) is 75.2. The van der Waals surface area contributed by atoms with Crippen LogP contribution >= 0.6 is 0 Å². The Labute approximate surface area is 737 Å². The molecule has 13 N–H and O–H groups in total. The number of ketones is 2. The number of nitrogens with two attached hydrogens (primary N) is 2. The molecule has 2 fully saturated rings. The molecule has 2 aliphatic rings. The van der Waals surface area contributed by atoms with E-state index in [4.69, 9.17) is 30.8 Å². The third kappa shape index (κ3) is 43.5. The number of hydrogen-bond acceptors (Lipinski definition) is 20. The van der Waals surface area contributed by atoms with Crippen LogP contribution in [0.1, 0.15) is 156 Å². The molecule has 0 bridgehead atoms. The lowest BCUT2D eigenvalue weighted by molar-refractivity contribution is -0.192. The molecule has 2 aliphatic heterocycles. The van der Waals surface area contributed by atoms with Gasteiger partial charge in [-0.15, -0.1) is 0 Å². The van der Waals surface area contributed by atoms with Gasteiger partial charge in [0.25, 0.3) is 0 Å². The second-order valence-electron chi connectivity index (χ2n) is 34.2. The number of likely N-dealkylation sites (N-methyl/N-ethyl adjacent to an activating group) is 2. The van der Waals surface area contributed by atoms with Gasteiger partial charge in [-0.3, -0.25) is 52.7 Å². The van der Waals surface area contributed by atoms with Gasteiger partial charge in [0.05, 0.1) is 18.1 Å². The molecule has 4 aromatic rings. The summed E-state index contributed by atoms with van der Waals surface area (Å²) in [7, 11) is 6.19. The largest absolute Gasteiger partial charge is 0.490 e. The van der Waals surface area contributed by atoms with E-state index in [1.54, 1.807) is 65.4 Å². The molecule has 33 nitrogen and oxygen atoms in total. The Morgan fingerprint density at radius 1 is 0.452 bits per heavy atom. The normalized spacial score (nSPS) is 14.6. The van der Waals surface area contributed by atoms with Crippen LogP contribution in [0.25, 0.3) is 0 Å². The Balaban J connectivity index is 0.000000531. The number of carbonyl (C=O) groups is 15. The molecule has 0 aliphatic carbocycles. The highest BCUT2D eigenvalue weighted by Gasteiger charge is 2.40. The molecule has 36 heteroatoms. The number of alkyl halides is 3. The minimum Gasteiger partial charge on any atom is -0.480 e. The van der Waals surface area contributed by atoms with Gasteiger partial charge in [0.2, 0.25) is 29.5 Å². The molecule has 11 amide bonds. The maximum absolute atomic E-state index is 14.1. The fourth-order valence-corrected chi connectivity index (χ4v) is 13.1. The molecular formula is C90H133F3N14O19. The minimum absolute atomic E-state index is 0.00815. The number of carbonyl (C=O) groups excluding carboxylic acids is 13. The van der Waals surface area contributed by atoms with Crippen molar-refractivity contribution in [2.45, 2.75) is 213 Å². The molecule has 2 saturated heterocycles. The number of benzene rings is 4. The van der Waals surface area contributed by atoms with Crippen molar-refractivity contribution in [3.63, 3.8) is 0 Å². The molecule has 0 saturated carbocycles. The number of nitrogens with zero attached hydrogens (tertiary/aromatic N) is 5. The first kappa shape index (κ1) is 109. The standard InChI is InChI=1S/C41H60N4O9.C39H57N7O6.C8H15N3O2.C2HF3O2/c1-27(2)23-30(35(47)43-31(37(49)50)21-15-16-22-42-38(51)53-40(3,4)5)26-34(46)32(24-28-17-11-9-12-18-28)44-36(48)33(25-29-19-13-10-14-20-29)45-39(52)54-41(6,7)8;1-27(2)23-30(26-34(47)33(25-29-15-9-6-10-16-29)43-36(49)31(41)24-28-13-7-5-8-14-28)35(48)42-32(17-11-12-18-40)37(50)45-19-21-46(22-20-45)39(52)38(51)44(3)4;1-10(2)7(12)8(13)11-5-3-9-4-6-11;3-2(4,5)1(6)7/h9-14,17-20,27,30-33H,15-16,21-26H2,1-8H3,(H,42,51)(H,43,47)(H,44,48)(H,45,52)(H,49,50);5-10,13-16,27,30-33H,11-12,17-26,40-41H2,1-4H3,(H,42,48)(H,43,49);9H,3-6H2,1-2H3;(H,6,7)/t2*30-,31+,32+,33+;;/m00../s1. The molecule has 0 spiro atoms. The number of alkyl carbamates (subject to hydrolysis) is 2. The van der Waals surface area contributed by atoms with Crippen LogP contribution in [0.5, 0.6) is 0 Å². The Morgan fingerprint density at radius 3 is 1.18 bits per heavy atom. The lowest BCUT2D eigenvalue weighted by Crippen LogP contribution is -2.57. The highest BCUT2D eigenvalue weighted by Crippen LogP contribution is 2.24. The average molecular weight is 1770 g/mol. The maximum atomic E-state index is 14.1. The second kappa shape index (κ2) is 55.2. The third-order valence-electron chi connectivity index (χ3n) is 19.5. The fourth-order valence-electron chi connectivity index (χ4n) is 13.1. The van der Waals surface area contributed by atoms with Gasteiger partial charge in [-0.25, -0.2) is 19.2 Å². The van der Waals surface area contributed by atoms with Crippen molar-refractivity contribution in [1.82, 2.24) is 61.7 Å². The van der Waals surface area contributed by atoms with E-state index in [0.29, 0.717) is 71.0 Å². The number of unbranched alkanes of at least 4 members (excludes halogenated alkanes) is 2. The monoisotopic (exact) mass is 1770 g/mol. The topological polar surface area (TPSA) is 467 Å². The number of ether oxygens (including phenoxy) is 2. The van der Waals surface area contributed by atoms with Gasteiger partial charge >= 0.3 is 53.9 Å². The van der Waals surface area contributed by atoms with Crippen LogP contribution in [-0.4, -0.2) is 271 Å². The number of rotatable bonds is 38.